The van der Waals surface area contributed by atoms with Gasteiger partial charge in [0.05, 0.1) is 11.8 Å². The van der Waals surface area contributed by atoms with Crippen LogP contribution in [-0.2, 0) is 37.5 Å². The molecule has 4 aromatic rings. The zero-order chi connectivity index (χ0) is 15.8. The molecule has 0 aliphatic carbocycles. The number of hydrogen-bond acceptors (Lipinski definition) is 3. The maximum Gasteiger partial charge on any atom is 0.0697 e. The molecule has 0 atom stereocenters. The molecule has 0 aliphatic heterocycles. The molecular weight excluding hydrogens is 373 g/mol. The first-order valence-electron chi connectivity index (χ1n) is 7.41. The van der Waals surface area contributed by atoms with E-state index in [2.05, 4.69) is 11.1 Å². The summed E-state index contributed by atoms with van der Waals surface area (Å²) in [5.74, 6) is 0. The van der Waals surface area contributed by atoms with Crippen molar-refractivity contribution in [3.8, 4) is 11.4 Å². The van der Waals surface area contributed by atoms with Gasteiger partial charge in [-0.25, -0.2) is 0 Å². The summed E-state index contributed by atoms with van der Waals surface area (Å²) in [6, 6.07) is 19.6. The molecule has 0 saturated carbocycles. The van der Waals surface area contributed by atoms with Crippen molar-refractivity contribution in [2.75, 3.05) is 0 Å². The summed E-state index contributed by atoms with van der Waals surface area (Å²) in [5, 5.41) is 2.00. The predicted molar refractivity (Wildman–Crippen MR) is 92.0 cm³/mol. The molecule has 113 valence electrons. The van der Waals surface area contributed by atoms with Crippen LogP contribution in [0.2, 0.25) is 0 Å². The number of benzene rings is 2. The molecule has 0 N–H and O–H groups in total. The minimum Gasteiger partial charge on any atom is -0.376 e. The van der Waals surface area contributed by atoms with Crippen LogP contribution in [0.25, 0.3) is 33.2 Å². The molecule has 1 radical (unpaired) electrons. The third-order valence-corrected chi connectivity index (χ3v) is 3.97. The van der Waals surface area contributed by atoms with Crippen LogP contribution in [0.5, 0.6) is 0 Å². The molecule has 2 aromatic carbocycles. The van der Waals surface area contributed by atoms with E-state index < -0.39 is 0 Å². The van der Waals surface area contributed by atoms with Gasteiger partial charge in [-0.15, -0.1) is 11.6 Å². The molecule has 4 rings (SSSR count). The average molecular weight is 386 g/mol. The van der Waals surface area contributed by atoms with Crippen molar-refractivity contribution >= 4 is 28.1 Å². The number of aromatic nitrogens is 2. The van der Waals surface area contributed by atoms with Gasteiger partial charge < -0.3 is 9.78 Å². The van der Waals surface area contributed by atoms with Gasteiger partial charge in [-0.1, -0.05) is 41.8 Å². The van der Waals surface area contributed by atoms with Crippen LogP contribution < -0.4 is 0 Å². The molecule has 3 nitrogen and oxygen atoms in total. The van der Waals surface area contributed by atoms with Crippen LogP contribution in [0.3, 0.4) is 0 Å². The van der Waals surface area contributed by atoms with E-state index in [1.807, 2.05) is 67.8 Å². The van der Waals surface area contributed by atoms with Crippen LogP contribution in [0.4, 0.5) is 0 Å². The number of carbonyl (C=O) groups excluding carboxylic acids is 1. The first-order chi connectivity index (χ1) is 11.3. The van der Waals surface area contributed by atoms with E-state index in [1.54, 1.807) is 0 Å². The first kappa shape index (κ1) is 16.9. The Labute approximate surface area is 165 Å². The second-order valence-electron chi connectivity index (χ2n) is 5.53. The van der Waals surface area contributed by atoms with Crippen molar-refractivity contribution in [3.63, 3.8) is 0 Å². The number of nitrogens with zero attached hydrogens (tertiary/aromatic N) is 2. The van der Waals surface area contributed by atoms with Crippen molar-refractivity contribution < 1.29 is 37.5 Å². The molecule has 2 aromatic heterocycles. The summed E-state index contributed by atoms with van der Waals surface area (Å²) in [7, 11) is 0. The molecule has 2 heterocycles. The Balaban J connectivity index is 0.00000169. The Bertz CT molecular complexity index is 1060. The number of aryl methyl sites for hydroxylation is 1. The molecule has 0 amide bonds. The van der Waals surface area contributed by atoms with Crippen LogP contribution in [0, 0.1) is 6.92 Å². The van der Waals surface area contributed by atoms with Crippen LogP contribution in [0.1, 0.15) is 11.1 Å². The molecular formula is C20H13N2OY-. The molecule has 0 unspecified atom stereocenters. The summed E-state index contributed by atoms with van der Waals surface area (Å²) >= 11 is 0. The number of fused-ring (bicyclic) bond motifs is 2. The Kier molecular flexibility index (Phi) is 4.84. The topological polar surface area (TPSA) is 42.9 Å². The number of hydrogen-bond donors (Lipinski definition) is 0. The normalized spacial score (nSPS) is 10.5. The van der Waals surface area contributed by atoms with Gasteiger partial charge in [-0.2, -0.15) is 0 Å². The van der Waals surface area contributed by atoms with Crippen molar-refractivity contribution in [1.82, 2.24) is 9.97 Å². The zero-order valence-electron chi connectivity index (χ0n) is 13.2. The van der Waals surface area contributed by atoms with Crippen molar-refractivity contribution in [1.29, 1.82) is 0 Å². The van der Waals surface area contributed by atoms with E-state index in [0.717, 1.165) is 33.1 Å². The molecule has 0 spiro atoms. The van der Waals surface area contributed by atoms with E-state index in [-0.39, 0.29) is 32.7 Å². The Hall–Kier alpha value is -1.97. The summed E-state index contributed by atoms with van der Waals surface area (Å²) < 4.78 is 0. The van der Waals surface area contributed by atoms with Gasteiger partial charge in [0.25, 0.3) is 0 Å². The van der Waals surface area contributed by atoms with Gasteiger partial charge in [0.15, 0.2) is 0 Å². The van der Waals surface area contributed by atoms with Crippen LogP contribution >= 0.6 is 0 Å². The second kappa shape index (κ2) is 6.88. The molecule has 0 fully saturated rings. The van der Waals surface area contributed by atoms with E-state index in [9.17, 15) is 4.79 Å². The fourth-order valence-electron chi connectivity index (χ4n) is 2.84. The quantitative estimate of drug-likeness (QED) is 0.485. The van der Waals surface area contributed by atoms with Gasteiger partial charge in [0.2, 0.25) is 0 Å². The second-order valence-corrected chi connectivity index (χ2v) is 5.53. The largest absolute Gasteiger partial charge is 0.376 e. The Morgan fingerprint density at radius 3 is 1.96 bits per heavy atom. The minimum atomic E-state index is 0. The van der Waals surface area contributed by atoms with Crippen molar-refractivity contribution in [3.05, 3.63) is 71.8 Å². The molecule has 4 heteroatoms. The smallest absolute Gasteiger partial charge is 0.0697 e. The maximum absolute atomic E-state index is 11.4. The molecule has 0 bridgehead atoms. The first-order valence-corrected chi connectivity index (χ1v) is 7.41. The Morgan fingerprint density at radius 1 is 0.792 bits per heavy atom. The molecule has 0 saturated heterocycles. The van der Waals surface area contributed by atoms with E-state index >= 15 is 0 Å². The standard InChI is InChI=1S/C20H13N2O.Y/c1-13-10-14-6-2-4-8-17(14)21-19(13)20-16(12-23)11-15-7-3-5-9-18(15)22-20;/h2-11H,1H3;/q-1;. The maximum atomic E-state index is 11.4. The third kappa shape index (κ3) is 2.90. The number of rotatable bonds is 2. The summed E-state index contributed by atoms with van der Waals surface area (Å²) in [4.78, 5) is 20.8. The van der Waals surface area contributed by atoms with Crippen LogP contribution in [0.15, 0.2) is 60.7 Å². The predicted octanol–water partition coefficient (Wildman–Crippen LogP) is 4.21. The van der Waals surface area contributed by atoms with E-state index in [1.165, 1.54) is 0 Å². The van der Waals surface area contributed by atoms with Gasteiger partial charge in [0.1, 0.15) is 0 Å². The van der Waals surface area contributed by atoms with E-state index in [0.29, 0.717) is 11.3 Å². The van der Waals surface area contributed by atoms with Gasteiger partial charge in [-0.3, -0.25) is 4.98 Å². The molecule has 24 heavy (non-hydrogen) atoms. The minimum absolute atomic E-state index is 0. The average Bonchev–Trinajstić information content (AvgIpc) is 2.60. The number of para-hydroxylation sites is 2. The summed E-state index contributed by atoms with van der Waals surface area (Å²) in [6.07, 6.45) is 2.01. The van der Waals surface area contributed by atoms with Gasteiger partial charge in [0, 0.05) is 49.3 Å². The van der Waals surface area contributed by atoms with Gasteiger partial charge in [-0.05, 0) is 36.4 Å². The molecule has 0 aliphatic rings. The van der Waals surface area contributed by atoms with Gasteiger partial charge >= 0.3 is 0 Å². The monoisotopic (exact) mass is 386 g/mol. The Morgan fingerprint density at radius 2 is 1.33 bits per heavy atom. The summed E-state index contributed by atoms with van der Waals surface area (Å²) in [6.45, 7) is 1.99. The fourth-order valence-corrected chi connectivity index (χ4v) is 2.84. The van der Waals surface area contributed by atoms with Crippen molar-refractivity contribution in [2.45, 2.75) is 6.92 Å². The zero-order valence-corrected chi connectivity index (χ0v) is 16.0. The number of pyridine rings is 2. The van der Waals surface area contributed by atoms with Crippen LogP contribution in [-0.4, -0.2) is 16.3 Å². The third-order valence-electron chi connectivity index (χ3n) is 3.97. The summed E-state index contributed by atoms with van der Waals surface area (Å²) in [5.41, 5.74) is 4.48. The van der Waals surface area contributed by atoms with E-state index in [4.69, 9.17) is 4.98 Å². The fraction of sp³-hybridized carbons (Fsp3) is 0.0500. The van der Waals surface area contributed by atoms with Crippen molar-refractivity contribution in [2.24, 2.45) is 0 Å². The SMILES string of the molecule is Cc1cc2ccccc2nc1-c1nc2ccccc2cc1[C-]=O.[Y].